The number of aromatic nitrogens is 12. The van der Waals surface area contributed by atoms with Crippen LogP contribution in [0.1, 0.15) is 0 Å². The fourth-order valence-corrected chi connectivity index (χ4v) is 19.6. The van der Waals surface area contributed by atoms with Crippen molar-refractivity contribution in [3.8, 4) is 169 Å². The van der Waals surface area contributed by atoms with Gasteiger partial charge in [0.25, 0.3) is 0 Å². The molecule has 0 spiro atoms. The van der Waals surface area contributed by atoms with Crippen LogP contribution in [0.15, 0.2) is 492 Å². The van der Waals surface area contributed by atoms with Crippen LogP contribution in [-0.2, 0) is 0 Å². The second-order valence-corrected chi connectivity index (χ2v) is 34.8. The summed E-state index contributed by atoms with van der Waals surface area (Å²) < 4.78 is 0. The molecule has 141 heavy (non-hydrogen) atoms. The van der Waals surface area contributed by atoms with Gasteiger partial charge in [0.05, 0.1) is 79.7 Å². The van der Waals surface area contributed by atoms with E-state index >= 15 is 0 Å². The Bertz CT molecular complexity index is 7870. The van der Waals surface area contributed by atoms with Gasteiger partial charge in [0.2, 0.25) is 0 Å². The molecule has 660 valence electrons. The maximum atomic E-state index is 5.09. The van der Waals surface area contributed by atoms with Crippen LogP contribution in [0, 0.1) is 0 Å². The Labute approximate surface area is 814 Å². The molecule has 0 amide bonds. The second-order valence-electron chi connectivity index (χ2n) is 34.8. The van der Waals surface area contributed by atoms with Crippen molar-refractivity contribution in [3.63, 3.8) is 0 Å². The summed E-state index contributed by atoms with van der Waals surface area (Å²) in [5.41, 5.74) is 35.7. The molecule has 3 aliphatic rings. The lowest BCUT2D eigenvalue weighted by Crippen LogP contribution is -2.17. The Kier molecular flexibility index (Phi) is 21.6. The quantitative estimate of drug-likeness (QED) is 0.0951. The number of anilines is 9. The van der Waals surface area contributed by atoms with Gasteiger partial charge in [-0.25, -0.2) is 59.8 Å². The van der Waals surface area contributed by atoms with Crippen LogP contribution < -0.4 is 14.7 Å². The van der Waals surface area contributed by atoms with Gasteiger partial charge in [-0.3, -0.25) is 9.80 Å². The lowest BCUT2D eigenvalue weighted by Gasteiger charge is -2.32. The third-order valence-corrected chi connectivity index (χ3v) is 26.1. The Morgan fingerprint density at radius 2 is 0.496 bits per heavy atom. The zero-order valence-electron chi connectivity index (χ0n) is 76.0. The van der Waals surface area contributed by atoms with Crippen molar-refractivity contribution < 1.29 is 0 Å². The molecule has 0 saturated carbocycles. The summed E-state index contributed by atoms with van der Waals surface area (Å²) in [6, 6.07) is 160. The van der Waals surface area contributed by atoms with Crippen LogP contribution in [-0.4, -0.2) is 59.8 Å². The van der Waals surface area contributed by atoms with Gasteiger partial charge in [0, 0.05) is 101 Å². The van der Waals surface area contributed by atoms with Gasteiger partial charge >= 0.3 is 0 Å². The number of benzene rings is 18. The van der Waals surface area contributed by atoms with Crippen LogP contribution in [0.3, 0.4) is 0 Å². The Morgan fingerprint density at radius 3 is 0.950 bits per heavy atom. The molecule has 0 saturated heterocycles. The van der Waals surface area contributed by atoms with E-state index in [0.717, 1.165) is 197 Å². The number of nitrogens with zero attached hydrogens (tertiary/aromatic N) is 15. The summed E-state index contributed by atoms with van der Waals surface area (Å²) in [6.07, 6.45) is 8.78. The molecule has 3 aliphatic heterocycles. The summed E-state index contributed by atoms with van der Waals surface area (Å²) in [6.45, 7) is 0. The summed E-state index contributed by atoms with van der Waals surface area (Å²) in [5.74, 6) is 3.78. The van der Waals surface area contributed by atoms with Gasteiger partial charge in [0.1, 0.15) is 30.6 Å². The molecule has 15 nitrogen and oxygen atoms in total. The predicted octanol–water partition coefficient (Wildman–Crippen LogP) is 31.6. The van der Waals surface area contributed by atoms with Crippen molar-refractivity contribution >= 4 is 83.9 Å². The average molecular weight is 1810 g/mol. The summed E-state index contributed by atoms with van der Waals surface area (Å²) >= 11 is 0. The fourth-order valence-electron chi connectivity index (χ4n) is 19.6. The number of rotatable bonds is 15. The SMILES string of the molecule is c1ccc(-c2cc3c4c(cccc4c2)N(c2cccc(-c4cc(-c5ccccc5)nc(-c5ccccc5)n4)c2)c2cncnc2-3)cc1.c1ccc(-c2cc3c4c(cccc4c2)N(c2cccc(-c4cc(-c5ccccc5)nc(-c5ccccc5)n4)c2)c2ncncc2-3)cc1.c1ccc(-c2cc3c4c(ncnc4c2)N(c2cccc(-c4cc(-c5ccccc5)nc(-c5ccccc5)n4)c2)c2ccccc2-3)cc1. The highest BCUT2D eigenvalue weighted by Crippen LogP contribution is 2.56. The maximum absolute atomic E-state index is 5.09. The molecule has 0 radical (unpaired) electrons. The van der Waals surface area contributed by atoms with Crippen molar-refractivity contribution in [1.82, 2.24) is 59.8 Å². The summed E-state index contributed by atoms with van der Waals surface area (Å²) in [5, 5.41) is 5.73. The first kappa shape index (κ1) is 83.4. The van der Waals surface area contributed by atoms with Gasteiger partial charge in [-0.1, -0.05) is 352 Å². The van der Waals surface area contributed by atoms with Crippen LogP contribution in [0.5, 0.6) is 0 Å². The molecule has 27 rings (SSSR count). The fraction of sp³-hybridized carbons (Fsp3) is 0. The molecule has 9 heterocycles. The van der Waals surface area contributed by atoms with Gasteiger partial charge in [-0.05, 0) is 164 Å². The summed E-state index contributed by atoms with van der Waals surface area (Å²) in [4.78, 5) is 65.3. The molecule has 6 aromatic heterocycles. The predicted molar refractivity (Wildman–Crippen MR) is 572 cm³/mol. The van der Waals surface area contributed by atoms with E-state index in [1.807, 2.05) is 140 Å². The number of hydrogen-bond donors (Lipinski definition) is 0. The molecule has 18 aromatic carbocycles. The molecule has 0 aliphatic carbocycles. The molecule has 0 bridgehead atoms. The zero-order valence-corrected chi connectivity index (χ0v) is 76.0. The van der Waals surface area contributed by atoms with E-state index in [9.17, 15) is 0 Å². The molecule has 0 N–H and O–H groups in total. The maximum Gasteiger partial charge on any atom is 0.160 e. The van der Waals surface area contributed by atoms with Gasteiger partial charge in [0.15, 0.2) is 17.5 Å². The average Bonchev–Trinajstić information content (AvgIpc) is 0.729. The lowest BCUT2D eigenvalue weighted by atomic mass is 9.90. The molecule has 0 unspecified atom stereocenters. The van der Waals surface area contributed by atoms with Crippen molar-refractivity contribution in [1.29, 1.82) is 0 Å². The topological polar surface area (TPSA) is 164 Å². The molecular formula is C126H81N15. The lowest BCUT2D eigenvalue weighted by molar-refractivity contribution is 1.11. The standard InChI is InChI=1S/3C42H27N5/c1-4-12-28(13-5-1)33-22-32-19-11-21-39-40(32)35(24-33)36-26-43-27-44-42(36)47(39)34-20-10-18-31(23-34)38-25-37(29-14-6-2-7-15-29)45-41(46-38)30-16-8-3-9-17-30;1-4-12-28(13-5-1)33-22-32-19-11-21-38-40(32)35(24-33)41-39(26-43-27-44-41)47(38)34-20-10-18-31(23-34)37-25-36(29-14-6-2-7-15-29)45-42(46-37)30-16-8-3-9-17-30;1-4-13-28(14-5-1)32-24-35-34-21-10-11-22-39(34)47(42-40(35)38(25-32)43-27-44-42)33-20-12-19-31(23-33)37-26-36(29-15-6-2-7-16-29)45-41(46-37)30-17-8-3-9-18-30/h3*1-27H. The van der Waals surface area contributed by atoms with E-state index in [2.05, 4.69) is 358 Å². The highest BCUT2D eigenvalue weighted by molar-refractivity contribution is 6.17. The smallest absolute Gasteiger partial charge is 0.160 e. The van der Waals surface area contributed by atoms with E-state index in [1.165, 1.54) is 38.2 Å². The monoisotopic (exact) mass is 1800 g/mol. The van der Waals surface area contributed by atoms with Crippen LogP contribution in [0.4, 0.5) is 51.4 Å². The third-order valence-electron chi connectivity index (χ3n) is 26.1. The Morgan fingerprint density at radius 1 is 0.170 bits per heavy atom. The first-order valence-electron chi connectivity index (χ1n) is 46.9. The first-order chi connectivity index (χ1) is 69.9. The van der Waals surface area contributed by atoms with Crippen LogP contribution in [0.2, 0.25) is 0 Å². The van der Waals surface area contributed by atoms with E-state index in [-0.39, 0.29) is 0 Å². The van der Waals surface area contributed by atoms with Crippen LogP contribution in [0.25, 0.3) is 201 Å². The van der Waals surface area contributed by atoms with E-state index in [0.29, 0.717) is 17.5 Å². The normalized spacial score (nSPS) is 11.8. The van der Waals surface area contributed by atoms with Crippen LogP contribution >= 0.6 is 0 Å². The minimum atomic E-state index is 0.691. The Balaban J connectivity index is 0.000000111. The van der Waals surface area contributed by atoms with Gasteiger partial charge in [-0.2, -0.15) is 0 Å². The number of fused-ring (bicyclic) bond motifs is 6. The minimum Gasteiger partial charge on any atom is -0.306 e. The number of para-hydroxylation sites is 1. The zero-order chi connectivity index (χ0) is 93.5. The Hall–Kier alpha value is -19.4. The molecule has 0 atom stereocenters. The molecule has 24 aromatic rings. The molecule has 0 fully saturated rings. The van der Waals surface area contributed by atoms with E-state index in [4.69, 9.17) is 49.8 Å². The van der Waals surface area contributed by atoms with Gasteiger partial charge in [-0.15, -0.1) is 0 Å². The molecular weight excluding hydrogens is 1720 g/mol. The first-order valence-corrected chi connectivity index (χ1v) is 46.9. The third kappa shape index (κ3) is 16.0. The highest BCUT2D eigenvalue weighted by Gasteiger charge is 2.33. The minimum absolute atomic E-state index is 0.691. The largest absolute Gasteiger partial charge is 0.306 e. The van der Waals surface area contributed by atoms with Gasteiger partial charge < -0.3 is 4.90 Å². The van der Waals surface area contributed by atoms with E-state index < -0.39 is 0 Å². The van der Waals surface area contributed by atoms with Crippen molar-refractivity contribution in [2.24, 2.45) is 0 Å². The van der Waals surface area contributed by atoms with Crippen molar-refractivity contribution in [2.45, 2.75) is 0 Å². The van der Waals surface area contributed by atoms with E-state index in [1.54, 1.807) is 19.0 Å². The van der Waals surface area contributed by atoms with Crippen molar-refractivity contribution in [3.05, 3.63) is 492 Å². The van der Waals surface area contributed by atoms with Crippen molar-refractivity contribution in [2.75, 3.05) is 14.7 Å². The molecule has 15 heteroatoms. The second kappa shape index (κ2) is 36.4. The highest BCUT2D eigenvalue weighted by atomic mass is 15.2. The number of hydrogen-bond acceptors (Lipinski definition) is 15. The summed E-state index contributed by atoms with van der Waals surface area (Å²) in [7, 11) is 0.